The Morgan fingerprint density at radius 3 is 2.42 bits per heavy atom. The lowest BCUT2D eigenvalue weighted by Gasteiger charge is -2.35. The standard InChI is InChI=1S/C33H34ClF4N9O3/c1-31(2,3)16-33(21-7-4-18(5-8-21)20-13-42-46(14-20)28(37)38)27(48)47(29(39)43-33)24(15-50-30(49)44-32(10-11-32)26(35)36)19-6-9-23(34)22(12-19)25-40-17-41-45-25/h4-9,12-14,17,24,26,28H,10-11,15-16H2,1-3H3,(H2,39,43)(H,44,49)(H,40,41,45)/t24-,33-/m1/s1. The van der Waals surface area contributed by atoms with Gasteiger partial charge in [0, 0.05) is 17.3 Å². The summed E-state index contributed by atoms with van der Waals surface area (Å²) in [5, 5.41) is 25.0. The number of benzene rings is 2. The molecule has 4 aromatic rings. The van der Waals surface area contributed by atoms with Crippen molar-refractivity contribution in [3.8, 4) is 22.5 Å². The number of rotatable bonds is 11. The van der Waals surface area contributed by atoms with E-state index in [1.807, 2.05) is 20.8 Å². The highest BCUT2D eigenvalue weighted by Crippen LogP contribution is 2.44. The maximum Gasteiger partial charge on any atom is 0.407 e. The van der Waals surface area contributed by atoms with Crippen molar-refractivity contribution in [3.05, 3.63) is 77.3 Å². The number of amides is 2. The zero-order chi connectivity index (χ0) is 36.0. The number of carbonyl (C=O) groups is 2. The summed E-state index contributed by atoms with van der Waals surface area (Å²) in [6, 6.07) is 10.4. The number of hydrogen-bond acceptors (Lipinski definition) is 7. The lowest BCUT2D eigenvalue weighted by atomic mass is 9.75. The van der Waals surface area contributed by atoms with Crippen LogP contribution < -0.4 is 10.6 Å². The van der Waals surface area contributed by atoms with Crippen LogP contribution in [0.15, 0.2) is 61.2 Å². The van der Waals surface area contributed by atoms with E-state index in [9.17, 15) is 27.2 Å². The number of H-pyrrole nitrogens is 1. The average molecular weight is 716 g/mol. The molecule has 4 N–H and O–H groups in total. The van der Waals surface area contributed by atoms with E-state index in [1.54, 1.807) is 42.5 Å². The quantitative estimate of drug-likeness (QED) is 0.127. The lowest BCUT2D eigenvalue weighted by Crippen LogP contribution is -2.47. The first-order valence-electron chi connectivity index (χ1n) is 15.6. The van der Waals surface area contributed by atoms with Crippen LogP contribution in [-0.4, -0.2) is 66.4 Å². The molecule has 0 bridgehead atoms. The lowest BCUT2D eigenvalue weighted by molar-refractivity contribution is -0.134. The highest BCUT2D eigenvalue weighted by atomic mass is 35.5. The fourth-order valence-corrected chi connectivity index (χ4v) is 6.39. The molecule has 12 nitrogen and oxygen atoms in total. The molecule has 264 valence electrons. The first-order valence-corrected chi connectivity index (χ1v) is 16.0. The molecule has 0 unspecified atom stereocenters. The van der Waals surface area contributed by atoms with Gasteiger partial charge >= 0.3 is 12.6 Å². The second kappa shape index (κ2) is 13.0. The Morgan fingerprint density at radius 2 is 1.84 bits per heavy atom. The first-order chi connectivity index (χ1) is 23.6. The number of alkyl carbamates (subject to hydrolysis) is 1. The Morgan fingerprint density at radius 1 is 1.12 bits per heavy atom. The predicted octanol–water partition coefficient (Wildman–Crippen LogP) is 6.65. The van der Waals surface area contributed by atoms with E-state index in [1.165, 1.54) is 23.6 Å². The molecule has 17 heteroatoms. The van der Waals surface area contributed by atoms with Crippen molar-refractivity contribution in [1.82, 2.24) is 40.5 Å². The van der Waals surface area contributed by atoms with Crippen LogP contribution in [0.4, 0.5) is 22.4 Å². The molecule has 1 saturated carbocycles. The number of guanidine groups is 1. The number of nitrogens with one attached hydrogen (secondary N) is 4. The molecular formula is C33H34ClF4N9O3. The number of ether oxygens (including phenoxy) is 1. The van der Waals surface area contributed by atoms with Gasteiger partial charge in [-0.15, -0.1) is 0 Å². The summed E-state index contributed by atoms with van der Waals surface area (Å²) in [6.07, 6.45) is 0.368. The third kappa shape index (κ3) is 6.75. The van der Waals surface area contributed by atoms with E-state index < -0.39 is 54.1 Å². The van der Waals surface area contributed by atoms with Crippen molar-refractivity contribution < 1.29 is 31.9 Å². The van der Waals surface area contributed by atoms with Crippen molar-refractivity contribution in [2.45, 2.75) is 70.1 Å². The monoisotopic (exact) mass is 715 g/mol. The highest BCUT2D eigenvalue weighted by molar-refractivity contribution is 6.33. The summed E-state index contributed by atoms with van der Waals surface area (Å²) in [5.41, 5.74) is -1.24. The third-order valence-corrected chi connectivity index (χ3v) is 9.08. The number of hydrogen-bond donors (Lipinski definition) is 4. The Balaban J connectivity index is 1.37. The molecule has 1 saturated heterocycles. The minimum Gasteiger partial charge on any atom is -0.447 e. The minimum absolute atomic E-state index is 0.1000. The Hall–Kier alpha value is -4.99. The zero-order valence-corrected chi connectivity index (χ0v) is 27.9. The van der Waals surface area contributed by atoms with Gasteiger partial charge in [-0.2, -0.15) is 19.0 Å². The topological polar surface area (TPSA) is 154 Å². The maximum atomic E-state index is 14.8. The Bertz CT molecular complexity index is 1890. The molecule has 50 heavy (non-hydrogen) atoms. The molecule has 2 amide bonds. The van der Waals surface area contributed by atoms with Gasteiger partial charge < -0.3 is 15.4 Å². The Labute approximate surface area is 289 Å². The summed E-state index contributed by atoms with van der Waals surface area (Å²) in [6.45, 7) is 2.51. The number of carbonyl (C=O) groups excluding carboxylic acids is 2. The van der Waals surface area contributed by atoms with Gasteiger partial charge in [0.15, 0.2) is 11.8 Å². The summed E-state index contributed by atoms with van der Waals surface area (Å²) >= 11 is 6.49. The van der Waals surface area contributed by atoms with Crippen molar-refractivity contribution in [2.24, 2.45) is 5.41 Å². The second-order valence-electron chi connectivity index (χ2n) is 13.6. The van der Waals surface area contributed by atoms with Crippen LogP contribution in [0.25, 0.3) is 22.5 Å². The van der Waals surface area contributed by atoms with Crippen molar-refractivity contribution in [3.63, 3.8) is 0 Å². The molecule has 3 heterocycles. The van der Waals surface area contributed by atoms with Crippen LogP contribution in [0.5, 0.6) is 0 Å². The van der Waals surface area contributed by atoms with Gasteiger partial charge in [-0.25, -0.2) is 23.2 Å². The van der Waals surface area contributed by atoms with Crippen LogP contribution in [-0.2, 0) is 15.1 Å². The molecule has 0 spiro atoms. The van der Waals surface area contributed by atoms with Crippen LogP contribution in [0.1, 0.15) is 63.8 Å². The molecule has 2 aromatic heterocycles. The SMILES string of the molecule is CC(C)(C)C[C@]1(c2ccc(-c3cnn(C(F)F)c3)cc2)NC(=N)N([C@H](COC(=O)NC2(C(F)F)CC2)c2ccc(Cl)c(-c3ncn[nH]3)c2)C1=O. The predicted molar refractivity (Wildman–Crippen MR) is 174 cm³/mol. The van der Waals surface area contributed by atoms with Crippen LogP contribution >= 0.6 is 11.6 Å². The largest absolute Gasteiger partial charge is 0.447 e. The van der Waals surface area contributed by atoms with E-state index in [0.29, 0.717) is 43.3 Å². The smallest absolute Gasteiger partial charge is 0.407 e. The highest BCUT2D eigenvalue weighted by Gasteiger charge is 2.55. The number of alkyl halides is 4. The molecular weight excluding hydrogens is 682 g/mol. The second-order valence-corrected chi connectivity index (χ2v) is 14.0. The number of halogens is 5. The van der Waals surface area contributed by atoms with Gasteiger partial charge in [0.05, 0.1) is 17.3 Å². The van der Waals surface area contributed by atoms with E-state index in [2.05, 4.69) is 30.9 Å². The van der Waals surface area contributed by atoms with Crippen molar-refractivity contribution in [1.29, 1.82) is 5.41 Å². The van der Waals surface area contributed by atoms with Gasteiger partial charge in [-0.3, -0.25) is 20.2 Å². The van der Waals surface area contributed by atoms with Crippen LogP contribution in [0.2, 0.25) is 5.02 Å². The van der Waals surface area contributed by atoms with E-state index in [-0.39, 0.29) is 25.2 Å². The van der Waals surface area contributed by atoms with Gasteiger partial charge in [0.2, 0.25) is 0 Å². The van der Waals surface area contributed by atoms with Crippen LogP contribution in [0.3, 0.4) is 0 Å². The normalized spacial score (nSPS) is 19.2. The Kier molecular flexibility index (Phi) is 9.09. The summed E-state index contributed by atoms with van der Waals surface area (Å²) in [5.74, 6) is -0.505. The molecule has 6 rings (SSSR count). The first kappa shape index (κ1) is 34.9. The van der Waals surface area contributed by atoms with Crippen molar-refractivity contribution >= 4 is 29.6 Å². The molecule has 1 aliphatic heterocycles. The van der Waals surface area contributed by atoms with Gasteiger partial charge in [-0.05, 0) is 53.5 Å². The maximum absolute atomic E-state index is 14.8. The fraction of sp³-hybridized carbons (Fsp3) is 0.394. The number of aromatic amines is 1. The third-order valence-electron chi connectivity index (χ3n) is 8.75. The fourth-order valence-electron chi connectivity index (χ4n) is 6.19. The molecule has 2 atom stereocenters. The van der Waals surface area contributed by atoms with E-state index >= 15 is 0 Å². The van der Waals surface area contributed by atoms with Crippen LogP contribution in [0, 0.1) is 10.8 Å². The summed E-state index contributed by atoms with van der Waals surface area (Å²) in [4.78, 5) is 33.0. The summed E-state index contributed by atoms with van der Waals surface area (Å²) in [7, 11) is 0. The zero-order valence-electron chi connectivity index (χ0n) is 27.2. The average Bonchev–Trinajstić information content (AvgIpc) is 3.37. The van der Waals surface area contributed by atoms with Gasteiger partial charge in [0.25, 0.3) is 12.3 Å². The van der Waals surface area contributed by atoms with Gasteiger partial charge in [-0.1, -0.05) is 62.7 Å². The molecule has 0 radical (unpaired) electrons. The van der Waals surface area contributed by atoms with E-state index in [4.69, 9.17) is 21.7 Å². The number of nitrogens with zero attached hydrogens (tertiary/aromatic N) is 5. The number of aromatic nitrogens is 5. The minimum atomic E-state index is -2.80. The van der Waals surface area contributed by atoms with Crippen molar-refractivity contribution in [2.75, 3.05) is 6.61 Å². The molecule has 2 fully saturated rings. The molecule has 2 aliphatic rings. The molecule has 2 aromatic carbocycles. The molecule has 1 aliphatic carbocycles. The van der Waals surface area contributed by atoms with E-state index in [0.717, 1.165) is 0 Å². The summed E-state index contributed by atoms with van der Waals surface area (Å²) < 4.78 is 59.5. The van der Waals surface area contributed by atoms with Gasteiger partial charge in [0.1, 0.15) is 24.0 Å².